The number of piperidine rings is 1. The Morgan fingerprint density at radius 3 is 2.83 bits per heavy atom. The maximum atomic E-state index is 11.5. The van der Waals surface area contributed by atoms with Crippen LogP contribution in [-0.4, -0.2) is 43.5 Å². The number of likely N-dealkylation sites (tertiary alicyclic amines) is 1. The first-order valence-electron chi connectivity index (χ1n) is 7.61. The summed E-state index contributed by atoms with van der Waals surface area (Å²) >= 11 is 0. The molecule has 2 aliphatic heterocycles. The summed E-state index contributed by atoms with van der Waals surface area (Å²) in [6.07, 6.45) is 10.4. The molecule has 0 spiro atoms. The molecule has 3 nitrogen and oxygen atoms in total. The van der Waals surface area contributed by atoms with E-state index in [-0.39, 0.29) is 5.41 Å². The minimum Gasteiger partial charge on any atom is -0.380 e. The average molecular weight is 251 g/mol. The van der Waals surface area contributed by atoms with Gasteiger partial charge in [-0.05, 0) is 44.6 Å². The van der Waals surface area contributed by atoms with Gasteiger partial charge in [-0.25, -0.2) is 0 Å². The second-order valence-corrected chi connectivity index (χ2v) is 6.51. The summed E-state index contributed by atoms with van der Waals surface area (Å²) in [4.78, 5) is 14.1. The van der Waals surface area contributed by atoms with Crippen LogP contribution in [0.1, 0.15) is 44.9 Å². The summed E-state index contributed by atoms with van der Waals surface area (Å²) in [5, 5.41) is 0. The predicted octanol–water partition coefficient (Wildman–Crippen LogP) is 2.25. The third-order valence-corrected chi connectivity index (χ3v) is 5.26. The van der Waals surface area contributed by atoms with Crippen LogP contribution >= 0.6 is 0 Å². The van der Waals surface area contributed by atoms with Gasteiger partial charge in [-0.3, -0.25) is 4.90 Å². The van der Waals surface area contributed by atoms with E-state index < -0.39 is 0 Å². The maximum Gasteiger partial charge on any atom is 0.129 e. The molecule has 3 heteroatoms. The number of rotatable bonds is 3. The summed E-state index contributed by atoms with van der Waals surface area (Å²) in [6, 6.07) is 0.755. The maximum absolute atomic E-state index is 11.5. The van der Waals surface area contributed by atoms with Crippen LogP contribution in [0.3, 0.4) is 0 Å². The fourth-order valence-corrected chi connectivity index (χ4v) is 4.21. The van der Waals surface area contributed by atoms with Gasteiger partial charge < -0.3 is 9.53 Å². The first kappa shape index (κ1) is 12.6. The van der Waals surface area contributed by atoms with E-state index in [1.807, 2.05) is 0 Å². The molecule has 3 rings (SSSR count). The molecule has 3 fully saturated rings. The minimum absolute atomic E-state index is 0.195. The summed E-state index contributed by atoms with van der Waals surface area (Å²) < 4.78 is 5.47. The molecule has 2 saturated heterocycles. The second kappa shape index (κ2) is 5.30. The van der Waals surface area contributed by atoms with E-state index in [1.54, 1.807) is 0 Å². The van der Waals surface area contributed by atoms with Crippen molar-refractivity contribution >= 4 is 6.29 Å². The Bertz CT molecular complexity index is 297. The standard InChI is InChI=1S/C15H25NO2/c17-11-15(7-9-18-12-15)10-16-8-3-5-13-4-1-2-6-14(13)16/h11,13-14H,1-10,12H2/t13-,14-,15?/m1/s1. The van der Waals surface area contributed by atoms with Crippen molar-refractivity contribution in [3.8, 4) is 0 Å². The number of carbonyl (C=O) groups excluding carboxylic acids is 1. The normalized spacial score (nSPS) is 41.6. The summed E-state index contributed by atoms with van der Waals surface area (Å²) in [5.74, 6) is 0.901. The van der Waals surface area contributed by atoms with Crippen LogP contribution in [0.25, 0.3) is 0 Å². The van der Waals surface area contributed by atoms with Crippen molar-refractivity contribution in [3.05, 3.63) is 0 Å². The van der Waals surface area contributed by atoms with Gasteiger partial charge in [-0.15, -0.1) is 0 Å². The Balaban J connectivity index is 1.68. The lowest BCUT2D eigenvalue weighted by molar-refractivity contribution is -0.118. The Morgan fingerprint density at radius 1 is 1.22 bits per heavy atom. The number of fused-ring (bicyclic) bond motifs is 1. The molecule has 3 atom stereocenters. The van der Waals surface area contributed by atoms with Crippen LogP contribution in [0.15, 0.2) is 0 Å². The smallest absolute Gasteiger partial charge is 0.129 e. The van der Waals surface area contributed by atoms with E-state index in [0.29, 0.717) is 6.61 Å². The van der Waals surface area contributed by atoms with Gasteiger partial charge in [0.15, 0.2) is 0 Å². The van der Waals surface area contributed by atoms with E-state index in [0.717, 1.165) is 31.5 Å². The van der Waals surface area contributed by atoms with E-state index in [1.165, 1.54) is 51.4 Å². The van der Waals surface area contributed by atoms with E-state index in [2.05, 4.69) is 4.90 Å². The van der Waals surface area contributed by atoms with Crippen molar-refractivity contribution < 1.29 is 9.53 Å². The molecule has 102 valence electrons. The minimum atomic E-state index is -0.195. The van der Waals surface area contributed by atoms with Crippen LogP contribution in [0.2, 0.25) is 0 Å². The lowest BCUT2D eigenvalue weighted by Crippen LogP contribution is -2.51. The first-order valence-corrected chi connectivity index (χ1v) is 7.61. The molecular weight excluding hydrogens is 226 g/mol. The molecule has 0 N–H and O–H groups in total. The lowest BCUT2D eigenvalue weighted by Gasteiger charge is -2.46. The summed E-state index contributed by atoms with van der Waals surface area (Å²) in [5.41, 5.74) is -0.195. The van der Waals surface area contributed by atoms with Crippen molar-refractivity contribution in [1.29, 1.82) is 0 Å². The number of carbonyl (C=O) groups is 1. The molecule has 2 heterocycles. The fourth-order valence-electron chi connectivity index (χ4n) is 4.21. The highest BCUT2D eigenvalue weighted by Crippen LogP contribution is 2.38. The Morgan fingerprint density at radius 2 is 2.06 bits per heavy atom. The number of hydrogen-bond acceptors (Lipinski definition) is 3. The third-order valence-electron chi connectivity index (χ3n) is 5.26. The molecule has 1 aliphatic carbocycles. The molecule has 0 aromatic carbocycles. The van der Waals surface area contributed by atoms with Gasteiger partial charge >= 0.3 is 0 Å². The number of aldehydes is 1. The summed E-state index contributed by atoms with van der Waals surface area (Å²) in [7, 11) is 0. The highest BCUT2D eigenvalue weighted by molar-refractivity contribution is 5.60. The second-order valence-electron chi connectivity index (χ2n) is 6.51. The average Bonchev–Trinajstić information content (AvgIpc) is 2.88. The van der Waals surface area contributed by atoms with Gasteiger partial charge in [0, 0.05) is 19.2 Å². The van der Waals surface area contributed by atoms with Gasteiger partial charge in [0.2, 0.25) is 0 Å². The molecule has 0 amide bonds. The van der Waals surface area contributed by atoms with Gasteiger partial charge in [-0.2, -0.15) is 0 Å². The molecule has 0 bridgehead atoms. The van der Waals surface area contributed by atoms with Gasteiger partial charge in [0.25, 0.3) is 0 Å². The van der Waals surface area contributed by atoms with Crippen molar-refractivity contribution in [2.45, 2.75) is 51.0 Å². The van der Waals surface area contributed by atoms with Gasteiger partial charge in [-0.1, -0.05) is 12.8 Å². The molecule has 3 aliphatic rings. The van der Waals surface area contributed by atoms with Crippen molar-refractivity contribution in [2.75, 3.05) is 26.3 Å². The van der Waals surface area contributed by atoms with Crippen LogP contribution in [0.4, 0.5) is 0 Å². The van der Waals surface area contributed by atoms with Crippen LogP contribution in [0, 0.1) is 11.3 Å². The van der Waals surface area contributed by atoms with E-state index >= 15 is 0 Å². The molecule has 0 radical (unpaired) electrons. The molecule has 0 aromatic heterocycles. The van der Waals surface area contributed by atoms with Crippen LogP contribution < -0.4 is 0 Å². The van der Waals surface area contributed by atoms with Crippen molar-refractivity contribution in [3.63, 3.8) is 0 Å². The largest absolute Gasteiger partial charge is 0.380 e. The zero-order chi connectivity index (χ0) is 12.4. The SMILES string of the molecule is O=CC1(CN2CCC[C@H]3CCCC[C@H]32)CCOC1. The van der Waals surface area contributed by atoms with Crippen LogP contribution in [-0.2, 0) is 9.53 Å². The topological polar surface area (TPSA) is 29.5 Å². The zero-order valence-electron chi connectivity index (χ0n) is 11.3. The van der Waals surface area contributed by atoms with Gasteiger partial charge in [0.1, 0.15) is 6.29 Å². The lowest BCUT2D eigenvalue weighted by atomic mass is 9.77. The number of nitrogens with zero attached hydrogens (tertiary/aromatic N) is 1. The van der Waals surface area contributed by atoms with E-state index in [4.69, 9.17) is 4.74 Å². The predicted molar refractivity (Wildman–Crippen MR) is 70.5 cm³/mol. The Hall–Kier alpha value is -0.410. The highest BCUT2D eigenvalue weighted by atomic mass is 16.5. The monoisotopic (exact) mass is 251 g/mol. The Labute approximate surface area is 110 Å². The number of ether oxygens (including phenoxy) is 1. The highest BCUT2D eigenvalue weighted by Gasteiger charge is 2.41. The first-order chi connectivity index (χ1) is 8.83. The quantitative estimate of drug-likeness (QED) is 0.721. The molecule has 1 unspecified atom stereocenters. The molecular formula is C15H25NO2. The Kier molecular flexibility index (Phi) is 3.71. The fraction of sp³-hybridized carbons (Fsp3) is 0.933. The number of hydrogen-bond donors (Lipinski definition) is 0. The molecule has 1 saturated carbocycles. The van der Waals surface area contributed by atoms with E-state index in [9.17, 15) is 4.79 Å². The van der Waals surface area contributed by atoms with Gasteiger partial charge in [0.05, 0.1) is 12.0 Å². The summed E-state index contributed by atoms with van der Waals surface area (Å²) in [6.45, 7) is 3.54. The van der Waals surface area contributed by atoms with Crippen molar-refractivity contribution in [1.82, 2.24) is 4.90 Å². The van der Waals surface area contributed by atoms with Crippen molar-refractivity contribution in [2.24, 2.45) is 11.3 Å². The zero-order valence-corrected chi connectivity index (χ0v) is 11.3. The molecule has 18 heavy (non-hydrogen) atoms. The molecule has 0 aromatic rings. The van der Waals surface area contributed by atoms with Crippen LogP contribution in [0.5, 0.6) is 0 Å². The third kappa shape index (κ3) is 2.35.